The van der Waals surface area contributed by atoms with E-state index in [2.05, 4.69) is 171 Å². The van der Waals surface area contributed by atoms with Crippen LogP contribution >= 0.6 is 22.7 Å². The van der Waals surface area contributed by atoms with Crippen molar-refractivity contribution in [3.05, 3.63) is 280 Å². The smallest absolute Gasteiger partial charge is 0.466 e. The van der Waals surface area contributed by atoms with Crippen molar-refractivity contribution in [1.29, 1.82) is 0 Å². The van der Waals surface area contributed by atoms with Crippen molar-refractivity contribution in [1.82, 2.24) is 29.1 Å². The Morgan fingerprint density at radius 1 is 0.333 bits per heavy atom. The monoisotopic (exact) mass is 1560 g/mol. The molecule has 0 aliphatic rings. The Hall–Kier alpha value is -10.1. The van der Waals surface area contributed by atoms with E-state index in [0.29, 0.717) is 0 Å². The Bertz CT molecular complexity index is 5580. The predicted molar refractivity (Wildman–Crippen MR) is 351 cm³/mol. The molecule has 0 radical (unpaired) electrons. The molecule has 0 saturated carbocycles. The van der Waals surface area contributed by atoms with Gasteiger partial charge in [-0.15, -0.1) is 101 Å². The number of thiazole rings is 2. The molecule has 10 aromatic heterocycles. The van der Waals surface area contributed by atoms with Gasteiger partial charge in [0.05, 0.1) is 36.1 Å². The molecule has 0 amide bonds. The van der Waals surface area contributed by atoms with Gasteiger partial charge in [0, 0.05) is 59.5 Å². The van der Waals surface area contributed by atoms with Gasteiger partial charge in [0.25, 0.3) is 0 Å². The first kappa shape index (κ1) is 56.4. The van der Waals surface area contributed by atoms with E-state index in [1.54, 1.807) is 53.9 Å². The molecule has 10 nitrogen and oxygen atoms in total. The molecule has 0 atom stereocenters. The number of hydrogen-bond donors (Lipinski definition) is 0. The minimum absolute atomic E-state index is 0. The fourth-order valence-electron chi connectivity index (χ4n) is 11.6. The van der Waals surface area contributed by atoms with Crippen LogP contribution in [-0.2, 0) is 42.1 Å². The van der Waals surface area contributed by atoms with Crippen LogP contribution in [0.15, 0.2) is 274 Å². The second kappa shape index (κ2) is 23.8. The molecule has 0 fully saturated rings. The molecule has 0 saturated heterocycles. The van der Waals surface area contributed by atoms with Crippen molar-refractivity contribution in [3.63, 3.8) is 0 Å². The Kier molecular flexibility index (Phi) is 14.9. The van der Waals surface area contributed by atoms with E-state index in [0.717, 1.165) is 164 Å². The van der Waals surface area contributed by atoms with Crippen molar-refractivity contribution in [3.8, 4) is 100 Å². The molecule has 0 unspecified atom stereocenters. The van der Waals surface area contributed by atoms with E-state index >= 15 is 0 Å². The largest absolute Gasteiger partial charge is 2.00 e. The van der Waals surface area contributed by atoms with Gasteiger partial charge in [0.2, 0.25) is 0 Å². The average Bonchev–Trinajstić information content (AvgIpc) is 1.61. The normalized spacial score (nSPS) is 11.4. The molecule has 0 aliphatic carbocycles. The van der Waals surface area contributed by atoms with E-state index in [-0.39, 0.29) is 42.1 Å². The summed E-state index contributed by atoms with van der Waals surface area (Å²) in [6, 6.07) is 88.5. The molecule has 8 aromatic carbocycles. The molecule has 18 rings (SSSR count). The maximum atomic E-state index is 5.83. The van der Waals surface area contributed by atoms with Crippen LogP contribution in [0.3, 0.4) is 0 Å². The average molecular weight is 1560 g/mol. The molecular formula is C76H42N6O4Pt2S2. The standard InChI is InChI=1S/2C38H21N3O2S.2Pt/c1-2-17-39-31(8-1)24-6-3-7-28(20-24)41-33-15-12-25(35-9-4-18-42-35)21-30(33)29-14-11-27(23-34(29)41)38-40-32-22-26(13-16-37(32)44-38)36-10-5-19-43-36;1-2-9-33-29(7-1)30-14-12-25(38-40-32-15-13-24(23-37(32)44-38)35-10-5-17-42-35)22-34(30)41(33)28-20-26(31-8-3-4-16-39-31)19-27(21-28)36-11-6-18-43-36;;/h1-19,21-22H;1-19,21,23H;;/q2*-2;2*+2. The van der Waals surface area contributed by atoms with Gasteiger partial charge in [-0.2, -0.15) is 22.7 Å². The third-order valence-corrected chi connectivity index (χ3v) is 17.8. The van der Waals surface area contributed by atoms with Crippen LogP contribution in [-0.4, -0.2) is 29.1 Å². The number of rotatable bonds is 10. The van der Waals surface area contributed by atoms with E-state index in [1.165, 1.54) is 0 Å². The van der Waals surface area contributed by atoms with Crippen LogP contribution in [0.5, 0.6) is 0 Å². The summed E-state index contributed by atoms with van der Waals surface area (Å²) in [6.45, 7) is 0. The van der Waals surface area contributed by atoms with Gasteiger partial charge in [-0.05, 0) is 160 Å². The van der Waals surface area contributed by atoms with Gasteiger partial charge in [0.1, 0.15) is 23.0 Å². The number of nitrogens with zero attached hydrogens (tertiary/aromatic N) is 6. The molecule has 14 heteroatoms. The summed E-state index contributed by atoms with van der Waals surface area (Å²) in [6.07, 6.45) is 10.4. The van der Waals surface area contributed by atoms with E-state index in [9.17, 15) is 0 Å². The Balaban J connectivity index is 0.000000147. The van der Waals surface area contributed by atoms with Crippen molar-refractivity contribution < 1.29 is 59.8 Å². The van der Waals surface area contributed by atoms with Crippen LogP contribution in [0.2, 0.25) is 0 Å². The third-order valence-electron chi connectivity index (χ3n) is 15.7. The first-order valence-corrected chi connectivity index (χ1v) is 30.1. The number of pyridine rings is 2. The summed E-state index contributed by atoms with van der Waals surface area (Å²) >= 11 is 3.32. The summed E-state index contributed by atoms with van der Waals surface area (Å²) in [5, 5.41) is 6.29. The molecule has 432 valence electrons. The zero-order valence-corrected chi connectivity index (χ0v) is 53.2. The van der Waals surface area contributed by atoms with Crippen LogP contribution < -0.4 is 0 Å². The molecule has 0 N–H and O–H groups in total. The molecule has 90 heavy (non-hydrogen) atoms. The molecule has 0 bridgehead atoms. The van der Waals surface area contributed by atoms with Gasteiger partial charge in [-0.3, -0.25) is 9.97 Å². The number of aromatic nitrogens is 6. The maximum Gasteiger partial charge on any atom is 2.00 e. The Morgan fingerprint density at radius 3 is 1.53 bits per heavy atom. The summed E-state index contributed by atoms with van der Waals surface area (Å²) < 4.78 is 29.5. The van der Waals surface area contributed by atoms with Gasteiger partial charge in [-0.1, -0.05) is 64.9 Å². The summed E-state index contributed by atoms with van der Waals surface area (Å²) in [5.41, 5.74) is 17.2. The summed E-state index contributed by atoms with van der Waals surface area (Å²) in [7, 11) is 0. The minimum Gasteiger partial charge on any atom is -0.466 e. The molecule has 18 aromatic rings. The number of hydrogen-bond acceptors (Lipinski definition) is 10. The van der Waals surface area contributed by atoms with Gasteiger partial charge in [-0.25, -0.2) is 0 Å². The van der Waals surface area contributed by atoms with E-state index in [1.807, 2.05) is 97.2 Å². The molecule has 0 aliphatic heterocycles. The quantitative estimate of drug-likeness (QED) is 0.124. The topological polar surface area (TPSA) is 114 Å². The zero-order chi connectivity index (χ0) is 58.1. The predicted octanol–water partition coefficient (Wildman–Crippen LogP) is 20.5. The van der Waals surface area contributed by atoms with Gasteiger partial charge in [0.15, 0.2) is 0 Å². The number of furan rings is 4. The first-order chi connectivity index (χ1) is 43.6. The van der Waals surface area contributed by atoms with E-state index < -0.39 is 0 Å². The van der Waals surface area contributed by atoms with E-state index in [4.69, 9.17) is 27.6 Å². The van der Waals surface area contributed by atoms with Crippen molar-refractivity contribution >= 4 is 86.7 Å². The molecule has 0 spiro atoms. The second-order valence-corrected chi connectivity index (χ2v) is 23.1. The minimum atomic E-state index is 0. The zero-order valence-electron chi connectivity index (χ0n) is 47.0. The second-order valence-electron chi connectivity index (χ2n) is 21.0. The third kappa shape index (κ3) is 10.3. The van der Waals surface area contributed by atoms with Gasteiger partial charge >= 0.3 is 42.1 Å². The van der Waals surface area contributed by atoms with Crippen LogP contribution in [0.1, 0.15) is 0 Å². The summed E-state index contributed by atoms with van der Waals surface area (Å²) in [4.78, 5) is 19.2. The van der Waals surface area contributed by atoms with Crippen LogP contribution in [0, 0.1) is 24.3 Å². The fraction of sp³-hybridized carbons (Fsp3) is 0. The molecule has 10 heterocycles. The maximum absolute atomic E-state index is 5.83. The van der Waals surface area contributed by atoms with Crippen LogP contribution in [0.25, 0.3) is 164 Å². The van der Waals surface area contributed by atoms with Crippen LogP contribution in [0.4, 0.5) is 0 Å². The SMILES string of the molecule is [Pt+2].[Pt+2].[c-]1c(-c2ccccn2)cc(-c2ccco2)cc1-n1c2[c-]c(-c3nc4ccc(-c5ccco5)cc4s3)ccc2c2ccccc21.[c-]1c(-c2ccccn2)cccc1-n1c2[c-]c(-c3nc4cc(-c5ccco5)ccc4s3)ccc2c2cc(-c3ccco3)ccc21. The number of fused-ring (bicyclic) bond motifs is 8. The Labute approximate surface area is 551 Å². The number of benzene rings is 8. The number of para-hydroxylation sites is 1. The Morgan fingerprint density at radius 2 is 0.878 bits per heavy atom. The summed E-state index contributed by atoms with van der Waals surface area (Å²) in [5.74, 6) is 3.29. The van der Waals surface area contributed by atoms with Crippen molar-refractivity contribution in [2.24, 2.45) is 0 Å². The first-order valence-electron chi connectivity index (χ1n) is 28.4. The molecular weight excluding hydrogens is 1520 g/mol. The fourth-order valence-corrected chi connectivity index (χ4v) is 13.5. The van der Waals surface area contributed by atoms with Crippen molar-refractivity contribution in [2.45, 2.75) is 0 Å². The van der Waals surface area contributed by atoms with Crippen molar-refractivity contribution in [2.75, 3.05) is 0 Å². The van der Waals surface area contributed by atoms with Gasteiger partial charge < -0.3 is 36.8 Å².